The van der Waals surface area contributed by atoms with E-state index >= 15 is 0 Å². The highest BCUT2D eigenvalue weighted by molar-refractivity contribution is 7.99. The predicted octanol–water partition coefficient (Wildman–Crippen LogP) is 3.57. The zero-order valence-electron chi connectivity index (χ0n) is 10.3. The van der Waals surface area contributed by atoms with Crippen LogP contribution in [-0.2, 0) is 0 Å². The van der Waals surface area contributed by atoms with E-state index < -0.39 is 0 Å². The number of nitrogens with two attached hydrogens (primary N) is 1. The van der Waals surface area contributed by atoms with E-state index in [2.05, 4.69) is 4.98 Å². The van der Waals surface area contributed by atoms with E-state index in [0.29, 0.717) is 10.9 Å². The molecule has 1 heterocycles. The molecule has 5 heteroatoms. The average Bonchev–Trinajstić information content (AvgIpc) is 2.80. The number of nitrogens with zero attached hydrogens (tertiary/aromatic N) is 1. The first kappa shape index (κ1) is 11.9. The Morgan fingerprint density at radius 1 is 1.21 bits per heavy atom. The molecule has 96 valence electrons. The van der Waals surface area contributed by atoms with Crippen LogP contribution in [0.3, 0.4) is 0 Å². The van der Waals surface area contributed by atoms with Crippen molar-refractivity contribution in [2.75, 3.05) is 12.8 Å². The van der Waals surface area contributed by atoms with Crippen molar-refractivity contribution in [3.63, 3.8) is 0 Å². The molecule has 19 heavy (non-hydrogen) atoms. The fourth-order valence-electron chi connectivity index (χ4n) is 1.77. The minimum absolute atomic E-state index is 0.592. The van der Waals surface area contributed by atoms with Crippen LogP contribution in [-0.4, -0.2) is 12.1 Å². The summed E-state index contributed by atoms with van der Waals surface area (Å²) in [6.07, 6.45) is 0. The van der Waals surface area contributed by atoms with Crippen LogP contribution in [0.4, 0.5) is 5.69 Å². The quantitative estimate of drug-likeness (QED) is 0.738. The van der Waals surface area contributed by atoms with Crippen molar-refractivity contribution >= 4 is 28.5 Å². The number of hydrogen-bond donors (Lipinski definition) is 1. The molecule has 0 atom stereocenters. The lowest BCUT2D eigenvalue weighted by atomic mass is 10.3. The van der Waals surface area contributed by atoms with E-state index in [0.717, 1.165) is 21.7 Å². The van der Waals surface area contributed by atoms with Crippen molar-refractivity contribution in [2.45, 2.75) is 10.1 Å². The normalized spacial score (nSPS) is 10.8. The van der Waals surface area contributed by atoms with Crippen LogP contribution >= 0.6 is 11.8 Å². The second kappa shape index (κ2) is 4.85. The molecule has 0 aliphatic rings. The molecule has 0 spiro atoms. The number of aromatic nitrogens is 1. The van der Waals surface area contributed by atoms with Gasteiger partial charge in [-0.25, -0.2) is 4.98 Å². The van der Waals surface area contributed by atoms with Crippen LogP contribution in [0.1, 0.15) is 0 Å². The van der Waals surface area contributed by atoms with Gasteiger partial charge in [-0.3, -0.25) is 0 Å². The number of anilines is 1. The Balaban J connectivity index is 1.94. The largest absolute Gasteiger partial charge is 0.497 e. The molecule has 0 unspecified atom stereocenters. The molecule has 4 nitrogen and oxygen atoms in total. The molecular formula is C14H12N2O2S. The van der Waals surface area contributed by atoms with Crippen LogP contribution in [0.25, 0.3) is 11.1 Å². The first-order valence-electron chi connectivity index (χ1n) is 5.72. The van der Waals surface area contributed by atoms with Gasteiger partial charge >= 0.3 is 0 Å². The highest BCUT2D eigenvalue weighted by Gasteiger charge is 2.08. The molecule has 0 radical (unpaired) electrons. The lowest BCUT2D eigenvalue weighted by molar-refractivity contribution is 0.414. The topological polar surface area (TPSA) is 61.3 Å². The third-order valence-corrected chi connectivity index (χ3v) is 3.44. The van der Waals surface area contributed by atoms with E-state index in [4.69, 9.17) is 14.9 Å². The summed E-state index contributed by atoms with van der Waals surface area (Å²) in [4.78, 5) is 5.34. The Kier molecular flexibility index (Phi) is 3.05. The number of oxazole rings is 1. The van der Waals surface area contributed by atoms with Gasteiger partial charge in [0, 0.05) is 16.6 Å². The van der Waals surface area contributed by atoms with Gasteiger partial charge in [-0.05, 0) is 36.0 Å². The number of hydrogen-bond acceptors (Lipinski definition) is 5. The van der Waals surface area contributed by atoms with Gasteiger partial charge in [-0.15, -0.1) is 0 Å². The fourth-order valence-corrected chi connectivity index (χ4v) is 2.61. The van der Waals surface area contributed by atoms with Crippen LogP contribution in [0.2, 0.25) is 0 Å². The summed E-state index contributed by atoms with van der Waals surface area (Å²) < 4.78 is 10.8. The monoisotopic (exact) mass is 272 g/mol. The molecule has 0 bridgehead atoms. The lowest BCUT2D eigenvalue weighted by Crippen LogP contribution is -1.89. The summed E-state index contributed by atoms with van der Waals surface area (Å²) in [5.74, 6) is 0.721. The SMILES string of the molecule is COc1cc(N)cc(Sc2nc3ccccc3o2)c1. The predicted molar refractivity (Wildman–Crippen MR) is 75.5 cm³/mol. The first-order chi connectivity index (χ1) is 9.24. The molecule has 3 aromatic rings. The van der Waals surface area contributed by atoms with Crippen molar-refractivity contribution in [3.05, 3.63) is 42.5 Å². The van der Waals surface area contributed by atoms with Crippen molar-refractivity contribution in [1.29, 1.82) is 0 Å². The number of nitrogen functional groups attached to an aromatic ring is 1. The van der Waals surface area contributed by atoms with E-state index in [1.54, 1.807) is 13.2 Å². The van der Waals surface area contributed by atoms with E-state index in [9.17, 15) is 0 Å². The van der Waals surface area contributed by atoms with Crippen LogP contribution < -0.4 is 10.5 Å². The highest BCUT2D eigenvalue weighted by Crippen LogP contribution is 2.33. The minimum Gasteiger partial charge on any atom is -0.497 e. The summed E-state index contributed by atoms with van der Waals surface area (Å²) in [5.41, 5.74) is 8.10. The summed E-state index contributed by atoms with van der Waals surface area (Å²) in [5, 5.41) is 0.592. The van der Waals surface area contributed by atoms with Crippen molar-refractivity contribution in [2.24, 2.45) is 0 Å². The van der Waals surface area contributed by atoms with Gasteiger partial charge in [-0.2, -0.15) is 0 Å². The van der Waals surface area contributed by atoms with Crippen LogP contribution in [0.5, 0.6) is 5.75 Å². The van der Waals surface area contributed by atoms with Crippen LogP contribution in [0.15, 0.2) is 57.0 Å². The molecular weight excluding hydrogens is 260 g/mol. The molecule has 0 saturated carbocycles. The molecule has 3 rings (SSSR count). The number of benzene rings is 2. The maximum Gasteiger partial charge on any atom is 0.261 e. The van der Waals surface area contributed by atoms with Gasteiger partial charge in [0.15, 0.2) is 5.58 Å². The molecule has 0 aliphatic heterocycles. The van der Waals surface area contributed by atoms with Gasteiger partial charge in [0.1, 0.15) is 11.3 Å². The molecule has 0 fully saturated rings. The Morgan fingerprint density at radius 2 is 2.05 bits per heavy atom. The molecule has 2 aromatic carbocycles. The first-order valence-corrected chi connectivity index (χ1v) is 6.54. The van der Waals surface area contributed by atoms with Gasteiger partial charge < -0.3 is 14.9 Å². The van der Waals surface area contributed by atoms with E-state index in [1.807, 2.05) is 36.4 Å². The second-order valence-corrected chi connectivity index (χ2v) is 5.02. The fraction of sp³-hybridized carbons (Fsp3) is 0.0714. The zero-order valence-corrected chi connectivity index (χ0v) is 11.1. The smallest absolute Gasteiger partial charge is 0.261 e. The summed E-state index contributed by atoms with van der Waals surface area (Å²) in [6.45, 7) is 0. The van der Waals surface area contributed by atoms with Crippen molar-refractivity contribution < 1.29 is 9.15 Å². The average molecular weight is 272 g/mol. The highest BCUT2D eigenvalue weighted by atomic mass is 32.2. The molecule has 2 N–H and O–H groups in total. The number of ether oxygens (including phenoxy) is 1. The maximum atomic E-state index is 5.82. The summed E-state index contributed by atoms with van der Waals surface area (Å²) >= 11 is 1.42. The molecule has 1 aromatic heterocycles. The zero-order chi connectivity index (χ0) is 13.2. The van der Waals surface area contributed by atoms with Gasteiger partial charge in [0.05, 0.1) is 7.11 Å². The number of fused-ring (bicyclic) bond motifs is 1. The molecule has 0 saturated heterocycles. The Morgan fingerprint density at radius 3 is 2.84 bits per heavy atom. The molecule has 0 aliphatic carbocycles. The number of rotatable bonds is 3. The molecule has 0 amide bonds. The minimum atomic E-state index is 0.592. The van der Waals surface area contributed by atoms with Gasteiger partial charge in [0.2, 0.25) is 0 Å². The third-order valence-electron chi connectivity index (χ3n) is 2.62. The van der Waals surface area contributed by atoms with Crippen molar-refractivity contribution in [3.8, 4) is 5.75 Å². The Hall–Kier alpha value is -2.14. The summed E-state index contributed by atoms with van der Waals surface area (Å²) in [6, 6.07) is 13.2. The van der Waals surface area contributed by atoms with E-state index in [1.165, 1.54) is 11.8 Å². The third kappa shape index (κ3) is 2.51. The lowest BCUT2D eigenvalue weighted by Gasteiger charge is -2.04. The van der Waals surface area contributed by atoms with Gasteiger partial charge in [0.25, 0.3) is 5.22 Å². The van der Waals surface area contributed by atoms with Crippen LogP contribution in [0, 0.1) is 0 Å². The van der Waals surface area contributed by atoms with Crippen molar-refractivity contribution in [1.82, 2.24) is 4.98 Å². The summed E-state index contributed by atoms with van der Waals surface area (Å²) in [7, 11) is 1.61. The Bertz CT molecular complexity index is 691. The van der Waals surface area contributed by atoms with Gasteiger partial charge in [-0.1, -0.05) is 12.1 Å². The van der Waals surface area contributed by atoms with E-state index in [-0.39, 0.29) is 0 Å². The standard InChI is InChI=1S/C14H12N2O2S/c1-17-10-6-9(15)7-11(8-10)19-14-16-12-4-2-3-5-13(12)18-14/h2-8H,15H2,1H3. The number of methoxy groups -OCH3 is 1. The number of para-hydroxylation sites is 2. The maximum absolute atomic E-state index is 5.82. The Labute approximate surface area is 114 Å². The second-order valence-electron chi connectivity index (χ2n) is 3.99.